The Kier molecular flexibility index (Phi) is 3.23. The lowest BCUT2D eigenvalue weighted by Crippen LogP contribution is -2.20. The highest BCUT2D eigenvalue weighted by Crippen LogP contribution is 2.35. The predicted octanol–water partition coefficient (Wildman–Crippen LogP) is 2.17. The fraction of sp³-hybridized carbons (Fsp3) is 0.286. The van der Waals surface area contributed by atoms with Gasteiger partial charge in [0.1, 0.15) is 11.9 Å². The van der Waals surface area contributed by atoms with E-state index in [4.69, 9.17) is 4.74 Å². The summed E-state index contributed by atoms with van der Waals surface area (Å²) in [5, 5.41) is 13.4. The van der Waals surface area contributed by atoms with Crippen molar-refractivity contribution in [1.29, 1.82) is 0 Å². The number of carbonyl (C=O) groups is 1. The predicted molar refractivity (Wildman–Crippen MR) is 68.0 cm³/mol. The molecule has 20 heavy (non-hydrogen) atoms. The van der Waals surface area contributed by atoms with Crippen LogP contribution in [0.15, 0.2) is 36.5 Å². The molecule has 1 aromatic heterocycles. The monoisotopic (exact) mass is 276 g/mol. The van der Waals surface area contributed by atoms with E-state index in [0.29, 0.717) is 24.4 Å². The van der Waals surface area contributed by atoms with Crippen LogP contribution in [0.2, 0.25) is 0 Å². The number of carboxylic acid groups (broad SMARTS) is 1. The number of halogens is 1. The summed E-state index contributed by atoms with van der Waals surface area (Å²) in [5.41, 5.74) is 1.34. The number of hydrogen-bond donors (Lipinski definition) is 1. The summed E-state index contributed by atoms with van der Waals surface area (Å²) in [5.74, 6) is -1.78. The van der Waals surface area contributed by atoms with Crippen LogP contribution in [0.5, 0.6) is 0 Å². The Morgan fingerprint density at radius 1 is 1.35 bits per heavy atom. The zero-order chi connectivity index (χ0) is 14.1. The first-order valence-corrected chi connectivity index (χ1v) is 6.31. The van der Waals surface area contributed by atoms with E-state index in [1.165, 1.54) is 12.1 Å². The second-order valence-electron chi connectivity index (χ2n) is 4.67. The van der Waals surface area contributed by atoms with Crippen molar-refractivity contribution in [3.05, 3.63) is 48.0 Å². The van der Waals surface area contributed by atoms with E-state index in [1.807, 2.05) is 0 Å². The van der Waals surface area contributed by atoms with Gasteiger partial charge in [-0.05, 0) is 36.8 Å². The van der Waals surface area contributed by atoms with Gasteiger partial charge in [0.2, 0.25) is 0 Å². The fourth-order valence-electron chi connectivity index (χ4n) is 2.46. The van der Waals surface area contributed by atoms with Crippen molar-refractivity contribution in [2.75, 3.05) is 6.61 Å². The number of aromatic nitrogens is 2. The second-order valence-corrected chi connectivity index (χ2v) is 4.67. The summed E-state index contributed by atoms with van der Waals surface area (Å²) in [6.07, 6.45) is 1.54. The van der Waals surface area contributed by atoms with Gasteiger partial charge in [-0.2, -0.15) is 5.10 Å². The van der Waals surface area contributed by atoms with Gasteiger partial charge in [0.25, 0.3) is 0 Å². The van der Waals surface area contributed by atoms with Crippen LogP contribution in [0, 0.1) is 11.7 Å². The minimum atomic E-state index is -0.876. The van der Waals surface area contributed by atoms with Crippen molar-refractivity contribution in [3.8, 4) is 5.69 Å². The van der Waals surface area contributed by atoms with E-state index < -0.39 is 18.0 Å². The van der Waals surface area contributed by atoms with Gasteiger partial charge in [-0.15, -0.1) is 0 Å². The topological polar surface area (TPSA) is 64.3 Å². The first-order chi connectivity index (χ1) is 9.66. The first kappa shape index (κ1) is 12.8. The van der Waals surface area contributed by atoms with Crippen molar-refractivity contribution >= 4 is 5.97 Å². The lowest BCUT2D eigenvalue weighted by Gasteiger charge is -2.16. The Balaban J connectivity index is 1.98. The van der Waals surface area contributed by atoms with Crippen LogP contribution in [-0.4, -0.2) is 27.5 Å². The summed E-state index contributed by atoms with van der Waals surface area (Å²) in [6.45, 7) is 0.413. The Hall–Kier alpha value is -2.21. The van der Waals surface area contributed by atoms with Crippen molar-refractivity contribution in [1.82, 2.24) is 9.78 Å². The molecule has 1 fully saturated rings. The van der Waals surface area contributed by atoms with Gasteiger partial charge in [-0.1, -0.05) is 0 Å². The van der Waals surface area contributed by atoms with Crippen molar-refractivity contribution in [3.63, 3.8) is 0 Å². The third kappa shape index (κ3) is 2.18. The number of rotatable bonds is 3. The summed E-state index contributed by atoms with van der Waals surface area (Å²) < 4.78 is 20.1. The van der Waals surface area contributed by atoms with E-state index in [0.717, 1.165) is 0 Å². The summed E-state index contributed by atoms with van der Waals surface area (Å²) in [4.78, 5) is 11.2. The molecule has 1 aliphatic rings. The lowest BCUT2D eigenvalue weighted by molar-refractivity contribution is -0.143. The van der Waals surface area contributed by atoms with Gasteiger partial charge in [-0.25, -0.2) is 9.07 Å². The van der Waals surface area contributed by atoms with E-state index in [2.05, 4.69) is 5.10 Å². The molecule has 1 saturated heterocycles. The minimum absolute atomic E-state index is 0.331. The molecule has 2 heterocycles. The summed E-state index contributed by atoms with van der Waals surface area (Å²) in [6, 6.07) is 7.60. The van der Waals surface area contributed by atoms with Crippen molar-refractivity contribution < 1.29 is 19.0 Å². The molecule has 1 aliphatic heterocycles. The van der Waals surface area contributed by atoms with Crippen LogP contribution in [0.1, 0.15) is 18.2 Å². The number of aliphatic carboxylic acids is 1. The Morgan fingerprint density at radius 2 is 2.10 bits per heavy atom. The van der Waals surface area contributed by atoms with Crippen LogP contribution >= 0.6 is 0 Å². The molecular weight excluding hydrogens is 263 g/mol. The highest BCUT2D eigenvalue weighted by Gasteiger charge is 2.37. The van der Waals surface area contributed by atoms with Crippen LogP contribution in [0.25, 0.3) is 5.69 Å². The zero-order valence-electron chi connectivity index (χ0n) is 10.6. The summed E-state index contributed by atoms with van der Waals surface area (Å²) >= 11 is 0. The SMILES string of the molecule is O=C(O)[C@@H]1CCO[C@@H]1c1ccnn1-c1ccc(F)cc1. The molecule has 6 heteroatoms. The molecule has 104 valence electrons. The Bertz CT molecular complexity index is 624. The number of nitrogens with zero attached hydrogens (tertiary/aromatic N) is 2. The number of hydrogen-bond acceptors (Lipinski definition) is 3. The molecule has 0 bridgehead atoms. The molecule has 5 nitrogen and oxygen atoms in total. The molecule has 1 aromatic carbocycles. The van der Waals surface area contributed by atoms with Crippen molar-refractivity contribution in [2.24, 2.45) is 5.92 Å². The first-order valence-electron chi connectivity index (χ1n) is 6.31. The smallest absolute Gasteiger partial charge is 0.309 e. The highest BCUT2D eigenvalue weighted by molar-refractivity contribution is 5.71. The van der Waals surface area contributed by atoms with Gasteiger partial charge < -0.3 is 9.84 Å². The maximum atomic E-state index is 13.0. The van der Waals surface area contributed by atoms with E-state index in [9.17, 15) is 14.3 Å². The molecule has 0 radical (unpaired) electrons. The normalized spacial score (nSPS) is 22.1. The fourth-order valence-corrected chi connectivity index (χ4v) is 2.46. The van der Waals surface area contributed by atoms with Crippen LogP contribution in [-0.2, 0) is 9.53 Å². The average Bonchev–Trinajstić information content (AvgIpc) is 3.07. The average molecular weight is 276 g/mol. The molecule has 2 atom stereocenters. The number of ether oxygens (including phenoxy) is 1. The Labute approximate surface area is 114 Å². The maximum absolute atomic E-state index is 13.0. The van der Waals surface area contributed by atoms with E-state index >= 15 is 0 Å². The van der Waals surface area contributed by atoms with Gasteiger partial charge in [0.05, 0.1) is 17.3 Å². The van der Waals surface area contributed by atoms with Gasteiger partial charge in [0, 0.05) is 12.8 Å². The van der Waals surface area contributed by atoms with Gasteiger partial charge >= 0.3 is 5.97 Å². The molecule has 0 spiro atoms. The third-order valence-electron chi connectivity index (χ3n) is 3.44. The molecule has 3 rings (SSSR count). The molecule has 0 unspecified atom stereocenters. The number of benzene rings is 1. The maximum Gasteiger partial charge on any atom is 0.309 e. The molecule has 0 aliphatic carbocycles. The quantitative estimate of drug-likeness (QED) is 0.933. The van der Waals surface area contributed by atoms with Crippen molar-refractivity contribution in [2.45, 2.75) is 12.5 Å². The largest absolute Gasteiger partial charge is 0.481 e. The van der Waals surface area contributed by atoms with Gasteiger partial charge in [-0.3, -0.25) is 4.79 Å². The molecule has 1 N–H and O–H groups in total. The molecule has 2 aromatic rings. The van der Waals surface area contributed by atoms with E-state index in [1.54, 1.807) is 29.1 Å². The zero-order valence-corrected chi connectivity index (χ0v) is 10.6. The standard InChI is InChI=1S/C14H13FN2O3/c15-9-1-3-10(4-2-9)17-12(5-7-16-17)13-11(14(18)19)6-8-20-13/h1-5,7,11,13H,6,8H2,(H,18,19)/t11-,13+/m1/s1. The highest BCUT2D eigenvalue weighted by atomic mass is 19.1. The molecule has 0 amide bonds. The van der Waals surface area contributed by atoms with Crippen LogP contribution < -0.4 is 0 Å². The number of carboxylic acids is 1. The Morgan fingerprint density at radius 3 is 2.80 bits per heavy atom. The summed E-state index contributed by atoms with van der Waals surface area (Å²) in [7, 11) is 0. The van der Waals surface area contributed by atoms with E-state index in [-0.39, 0.29) is 5.82 Å². The lowest BCUT2D eigenvalue weighted by atomic mass is 9.99. The van der Waals surface area contributed by atoms with Crippen LogP contribution in [0.3, 0.4) is 0 Å². The van der Waals surface area contributed by atoms with Crippen LogP contribution in [0.4, 0.5) is 4.39 Å². The molecule has 0 saturated carbocycles. The third-order valence-corrected chi connectivity index (χ3v) is 3.44. The molecular formula is C14H13FN2O3. The van der Waals surface area contributed by atoms with Gasteiger partial charge in [0.15, 0.2) is 0 Å². The second kappa shape index (κ2) is 5.05. The minimum Gasteiger partial charge on any atom is -0.481 e.